The fourth-order valence-electron chi connectivity index (χ4n) is 2.15. The van der Waals surface area contributed by atoms with Crippen molar-refractivity contribution in [2.24, 2.45) is 5.73 Å². The first-order valence-electron chi connectivity index (χ1n) is 5.66. The van der Waals surface area contributed by atoms with E-state index in [4.69, 9.17) is 18.0 Å². The molecular weight excluding hydrogens is 260 g/mol. The van der Waals surface area contributed by atoms with E-state index < -0.39 is 0 Å². The van der Waals surface area contributed by atoms with Crippen molar-refractivity contribution in [2.45, 2.75) is 6.54 Å². The summed E-state index contributed by atoms with van der Waals surface area (Å²) in [7, 11) is 0. The quantitative estimate of drug-likeness (QED) is 0.741. The van der Waals surface area contributed by atoms with Crippen LogP contribution in [0.5, 0.6) is 0 Å². The Hall–Kier alpha value is -1.65. The van der Waals surface area contributed by atoms with Crippen LogP contribution < -0.4 is 5.73 Å². The molecule has 0 bridgehead atoms. The zero-order chi connectivity index (χ0) is 12.5. The summed E-state index contributed by atoms with van der Waals surface area (Å²) in [6.07, 6.45) is 2.09. The number of nitrogens with two attached hydrogens (primary N) is 1. The number of aromatic nitrogens is 1. The molecule has 2 nitrogen and oxygen atoms in total. The van der Waals surface area contributed by atoms with E-state index in [0.29, 0.717) is 4.99 Å². The molecule has 2 heterocycles. The van der Waals surface area contributed by atoms with E-state index in [9.17, 15) is 0 Å². The van der Waals surface area contributed by atoms with Gasteiger partial charge in [0.1, 0.15) is 4.99 Å². The molecule has 0 fully saturated rings. The lowest BCUT2D eigenvalue weighted by molar-refractivity contribution is 0.851. The van der Waals surface area contributed by atoms with Crippen LogP contribution in [0.15, 0.2) is 48.0 Å². The van der Waals surface area contributed by atoms with Gasteiger partial charge in [-0.3, -0.25) is 0 Å². The minimum absolute atomic E-state index is 0.453. The van der Waals surface area contributed by atoms with E-state index in [1.165, 1.54) is 10.4 Å². The van der Waals surface area contributed by atoms with Gasteiger partial charge in [0, 0.05) is 27.5 Å². The normalized spacial score (nSPS) is 10.9. The molecule has 2 N–H and O–H groups in total. The van der Waals surface area contributed by atoms with Crippen LogP contribution in [0.1, 0.15) is 10.4 Å². The summed E-state index contributed by atoms with van der Waals surface area (Å²) >= 11 is 6.85. The Labute approximate surface area is 115 Å². The summed E-state index contributed by atoms with van der Waals surface area (Å²) < 4.78 is 2.23. The fraction of sp³-hybridized carbons (Fsp3) is 0.0714. The van der Waals surface area contributed by atoms with Crippen LogP contribution in [-0.4, -0.2) is 9.56 Å². The lowest BCUT2D eigenvalue weighted by atomic mass is 10.1. The minimum atomic E-state index is 0.453. The predicted octanol–water partition coefficient (Wildman–Crippen LogP) is 3.39. The van der Waals surface area contributed by atoms with Gasteiger partial charge in [-0.25, -0.2) is 0 Å². The van der Waals surface area contributed by atoms with Crippen molar-refractivity contribution in [3.8, 4) is 0 Å². The van der Waals surface area contributed by atoms with Crippen molar-refractivity contribution >= 4 is 39.4 Å². The van der Waals surface area contributed by atoms with Gasteiger partial charge in [-0.2, -0.15) is 0 Å². The maximum absolute atomic E-state index is 5.75. The Bertz CT molecular complexity index is 696. The smallest absolute Gasteiger partial charge is 0.104 e. The van der Waals surface area contributed by atoms with Crippen molar-refractivity contribution in [1.29, 1.82) is 0 Å². The standard InChI is InChI=1S/C14H12N2S2/c15-14(17)12-4-1-5-13-11(12)6-7-16(13)9-10-3-2-8-18-10/h1-8H,9H2,(H2,15,17). The highest BCUT2D eigenvalue weighted by atomic mass is 32.1. The Morgan fingerprint density at radius 1 is 1.22 bits per heavy atom. The van der Waals surface area contributed by atoms with Crippen molar-refractivity contribution in [3.63, 3.8) is 0 Å². The van der Waals surface area contributed by atoms with Crippen LogP contribution in [0.3, 0.4) is 0 Å². The Kier molecular flexibility index (Phi) is 2.89. The zero-order valence-corrected chi connectivity index (χ0v) is 11.3. The lowest BCUT2D eigenvalue weighted by Crippen LogP contribution is -2.09. The fourth-order valence-corrected chi connectivity index (χ4v) is 3.03. The maximum Gasteiger partial charge on any atom is 0.104 e. The number of benzene rings is 1. The zero-order valence-electron chi connectivity index (χ0n) is 9.67. The van der Waals surface area contributed by atoms with Gasteiger partial charge in [0.15, 0.2) is 0 Å². The molecule has 4 heteroatoms. The van der Waals surface area contributed by atoms with Crippen LogP contribution in [-0.2, 0) is 6.54 Å². The van der Waals surface area contributed by atoms with Crippen LogP contribution in [0, 0.1) is 0 Å². The number of fused-ring (bicyclic) bond motifs is 1. The second kappa shape index (κ2) is 4.55. The molecule has 18 heavy (non-hydrogen) atoms. The molecule has 0 aliphatic rings. The van der Waals surface area contributed by atoms with Crippen molar-refractivity contribution in [3.05, 3.63) is 58.4 Å². The van der Waals surface area contributed by atoms with Gasteiger partial charge in [-0.05, 0) is 23.6 Å². The first-order valence-corrected chi connectivity index (χ1v) is 6.94. The number of hydrogen-bond acceptors (Lipinski definition) is 2. The van der Waals surface area contributed by atoms with Gasteiger partial charge in [0.2, 0.25) is 0 Å². The second-order valence-electron chi connectivity index (χ2n) is 4.13. The first-order chi connectivity index (χ1) is 8.75. The van der Waals surface area contributed by atoms with E-state index in [1.807, 2.05) is 12.1 Å². The highest BCUT2D eigenvalue weighted by molar-refractivity contribution is 7.80. The molecule has 0 radical (unpaired) electrons. The van der Waals surface area contributed by atoms with Crippen molar-refractivity contribution in [2.75, 3.05) is 0 Å². The molecule has 1 aromatic carbocycles. The molecule has 3 rings (SSSR count). The van der Waals surface area contributed by atoms with E-state index >= 15 is 0 Å². The second-order valence-corrected chi connectivity index (χ2v) is 5.60. The molecule has 0 aliphatic heterocycles. The summed E-state index contributed by atoms with van der Waals surface area (Å²) in [5.74, 6) is 0. The third-order valence-corrected chi connectivity index (χ3v) is 4.07. The summed E-state index contributed by atoms with van der Waals surface area (Å²) in [6.45, 7) is 0.891. The SMILES string of the molecule is NC(=S)c1cccc2c1ccn2Cc1cccs1. The van der Waals surface area contributed by atoms with Gasteiger partial charge in [0.25, 0.3) is 0 Å². The van der Waals surface area contributed by atoms with Gasteiger partial charge in [-0.15, -0.1) is 11.3 Å². The Morgan fingerprint density at radius 2 is 2.11 bits per heavy atom. The summed E-state index contributed by atoms with van der Waals surface area (Å²) in [5.41, 5.74) is 7.88. The lowest BCUT2D eigenvalue weighted by Gasteiger charge is -2.05. The number of thiophene rings is 1. The van der Waals surface area contributed by atoms with Crippen molar-refractivity contribution < 1.29 is 0 Å². The summed E-state index contributed by atoms with van der Waals surface area (Å²) in [5, 5.41) is 3.23. The highest BCUT2D eigenvalue weighted by Gasteiger charge is 2.07. The number of rotatable bonds is 3. The molecule has 90 valence electrons. The van der Waals surface area contributed by atoms with Crippen LogP contribution >= 0.6 is 23.6 Å². The summed E-state index contributed by atoms with van der Waals surface area (Å²) in [4.78, 5) is 1.79. The molecule has 0 amide bonds. The van der Waals surface area contributed by atoms with Crippen LogP contribution in [0.25, 0.3) is 10.9 Å². The van der Waals surface area contributed by atoms with Gasteiger partial charge in [-0.1, -0.05) is 30.4 Å². The Balaban J connectivity index is 2.09. The van der Waals surface area contributed by atoms with Gasteiger partial charge >= 0.3 is 0 Å². The predicted molar refractivity (Wildman–Crippen MR) is 81.2 cm³/mol. The number of hydrogen-bond donors (Lipinski definition) is 1. The first kappa shape index (κ1) is 11.4. The maximum atomic E-state index is 5.75. The van der Waals surface area contributed by atoms with Crippen LogP contribution in [0.2, 0.25) is 0 Å². The molecule has 0 saturated heterocycles. The molecular formula is C14H12N2S2. The highest BCUT2D eigenvalue weighted by Crippen LogP contribution is 2.22. The van der Waals surface area contributed by atoms with Crippen molar-refractivity contribution in [1.82, 2.24) is 4.57 Å². The van der Waals surface area contributed by atoms with Gasteiger partial charge < -0.3 is 10.3 Å². The molecule has 3 aromatic rings. The molecule has 0 aliphatic carbocycles. The summed E-state index contributed by atoms with van der Waals surface area (Å²) in [6, 6.07) is 12.4. The number of thiocarbonyl (C=S) groups is 1. The van der Waals surface area contributed by atoms with Crippen LogP contribution in [0.4, 0.5) is 0 Å². The molecule has 2 aromatic heterocycles. The minimum Gasteiger partial charge on any atom is -0.389 e. The van der Waals surface area contributed by atoms with E-state index in [2.05, 4.69) is 40.4 Å². The average molecular weight is 272 g/mol. The third-order valence-electron chi connectivity index (χ3n) is 2.99. The number of nitrogens with zero attached hydrogens (tertiary/aromatic N) is 1. The molecule has 0 atom stereocenters. The monoisotopic (exact) mass is 272 g/mol. The van der Waals surface area contributed by atoms with E-state index in [1.54, 1.807) is 11.3 Å². The molecule has 0 spiro atoms. The topological polar surface area (TPSA) is 30.9 Å². The molecule has 0 saturated carbocycles. The molecule has 0 unspecified atom stereocenters. The van der Waals surface area contributed by atoms with Gasteiger partial charge in [0.05, 0.1) is 6.54 Å². The largest absolute Gasteiger partial charge is 0.389 e. The van der Waals surface area contributed by atoms with E-state index in [-0.39, 0.29) is 0 Å². The third kappa shape index (κ3) is 1.94. The average Bonchev–Trinajstić information content (AvgIpc) is 2.99. The Morgan fingerprint density at radius 3 is 2.83 bits per heavy atom. The van der Waals surface area contributed by atoms with E-state index in [0.717, 1.165) is 17.5 Å².